The molecule has 2 amide bonds. The third kappa shape index (κ3) is 3.53. The predicted molar refractivity (Wildman–Crippen MR) is 109 cm³/mol. The largest absolute Gasteiger partial charge is 0.322 e. The van der Waals surface area contributed by atoms with Gasteiger partial charge in [-0.3, -0.25) is 4.79 Å². The molecule has 0 aliphatic carbocycles. The molecule has 142 valence electrons. The van der Waals surface area contributed by atoms with Crippen LogP contribution < -0.4 is 10.9 Å². The fraction of sp³-hybridized carbons (Fsp3) is 0.227. The zero-order valence-corrected chi connectivity index (χ0v) is 16.0. The van der Waals surface area contributed by atoms with Gasteiger partial charge in [-0.05, 0) is 25.5 Å². The minimum atomic E-state index is -0.205. The van der Waals surface area contributed by atoms with Crippen LogP contribution >= 0.6 is 0 Å². The lowest BCUT2D eigenvalue weighted by Crippen LogP contribution is -2.41. The molecule has 0 spiro atoms. The highest BCUT2D eigenvalue weighted by Gasteiger charge is 2.25. The molecule has 0 unspecified atom stereocenters. The molecule has 0 atom stereocenters. The van der Waals surface area contributed by atoms with Crippen molar-refractivity contribution in [1.29, 1.82) is 0 Å². The van der Waals surface area contributed by atoms with Gasteiger partial charge in [0.1, 0.15) is 5.82 Å². The van der Waals surface area contributed by atoms with E-state index in [1.54, 1.807) is 4.90 Å². The van der Waals surface area contributed by atoms with E-state index >= 15 is 0 Å². The molecule has 6 nitrogen and oxygen atoms in total. The van der Waals surface area contributed by atoms with Gasteiger partial charge in [-0.25, -0.2) is 9.78 Å². The van der Waals surface area contributed by atoms with Crippen LogP contribution in [0.25, 0.3) is 11.4 Å². The summed E-state index contributed by atoms with van der Waals surface area (Å²) in [5.74, 6) is 0.567. The maximum absolute atomic E-state index is 12.7. The van der Waals surface area contributed by atoms with Crippen LogP contribution in [-0.2, 0) is 13.0 Å². The number of urea groups is 1. The van der Waals surface area contributed by atoms with E-state index in [0.717, 1.165) is 28.1 Å². The molecule has 2 heterocycles. The Kier molecular flexibility index (Phi) is 4.69. The molecule has 0 radical (unpaired) electrons. The molecule has 0 fully saturated rings. The van der Waals surface area contributed by atoms with Crippen molar-refractivity contribution in [3.8, 4) is 11.4 Å². The number of aromatic amines is 1. The Morgan fingerprint density at radius 1 is 1.14 bits per heavy atom. The van der Waals surface area contributed by atoms with Crippen LogP contribution in [-0.4, -0.2) is 27.4 Å². The number of hydrogen-bond donors (Lipinski definition) is 2. The fourth-order valence-electron chi connectivity index (χ4n) is 3.48. The number of aryl methyl sites for hydroxylation is 2. The molecule has 0 saturated carbocycles. The summed E-state index contributed by atoms with van der Waals surface area (Å²) in [4.78, 5) is 34.5. The monoisotopic (exact) mass is 374 g/mol. The third-order valence-corrected chi connectivity index (χ3v) is 5.03. The summed E-state index contributed by atoms with van der Waals surface area (Å²) >= 11 is 0. The molecule has 6 heteroatoms. The Labute approximate surface area is 163 Å². The van der Waals surface area contributed by atoms with Crippen molar-refractivity contribution in [3.63, 3.8) is 0 Å². The molecule has 4 rings (SSSR count). The van der Waals surface area contributed by atoms with Crippen LogP contribution in [0.15, 0.2) is 53.3 Å². The highest BCUT2D eigenvalue weighted by molar-refractivity contribution is 5.90. The number of carbonyl (C=O) groups is 1. The minimum absolute atomic E-state index is 0.187. The van der Waals surface area contributed by atoms with Crippen LogP contribution in [0.3, 0.4) is 0 Å². The fourth-order valence-corrected chi connectivity index (χ4v) is 3.48. The van der Waals surface area contributed by atoms with Crippen molar-refractivity contribution in [2.24, 2.45) is 0 Å². The van der Waals surface area contributed by atoms with E-state index in [-0.39, 0.29) is 18.1 Å². The van der Waals surface area contributed by atoms with Gasteiger partial charge in [0, 0.05) is 24.2 Å². The number of carbonyl (C=O) groups excluding carboxylic acids is 1. The van der Waals surface area contributed by atoms with Gasteiger partial charge in [-0.1, -0.05) is 48.0 Å². The van der Waals surface area contributed by atoms with E-state index in [4.69, 9.17) is 0 Å². The van der Waals surface area contributed by atoms with Crippen LogP contribution in [0.5, 0.6) is 0 Å². The highest BCUT2D eigenvalue weighted by Crippen LogP contribution is 2.21. The number of hydrogen-bond acceptors (Lipinski definition) is 3. The highest BCUT2D eigenvalue weighted by atomic mass is 16.2. The summed E-state index contributed by atoms with van der Waals surface area (Å²) in [6, 6.07) is 15.3. The number of fused-ring (bicyclic) bond motifs is 1. The summed E-state index contributed by atoms with van der Waals surface area (Å²) in [7, 11) is 0. The molecular weight excluding hydrogens is 352 g/mol. The molecule has 1 aromatic heterocycles. The average molecular weight is 374 g/mol. The van der Waals surface area contributed by atoms with Crippen molar-refractivity contribution in [2.75, 3.05) is 11.9 Å². The van der Waals surface area contributed by atoms with E-state index in [9.17, 15) is 9.59 Å². The van der Waals surface area contributed by atoms with Gasteiger partial charge < -0.3 is 15.2 Å². The van der Waals surface area contributed by atoms with Gasteiger partial charge in [-0.15, -0.1) is 0 Å². The number of H-pyrrole nitrogens is 1. The first-order valence-electron chi connectivity index (χ1n) is 9.32. The Balaban J connectivity index is 1.55. The number of anilines is 1. The molecule has 0 bridgehead atoms. The molecule has 3 aromatic rings. The molecule has 2 aromatic carbocycles. The van der Waals surface area contributed by atoms with Crippen molar-refractivity contribution in [2.45, 2.75) is 26.8 Å². The van der Waals surface area contributed by atoms with Gasteiger partial charge in [0.2, 0.25) is 0 Å². The minimum Gasteiger partial charge on any atom is -0.320 e. The standard InChI is InChI=1S/C22H22N4O2/c1-14-8-9-18(15(2)12-14)24-22(28)26-11-10-19-17(13-26)21(27)25-20(23-19)16-6-4-3-5-7-16/h3-9,12H,10-11,13H2,1-2H3,(H,24,28)(H,23,25,27). The Hall–Kier alpha value is -3.41. The van der Waals surface area contributed by atoms with E-state index < -0.39 is 0 Å². The Bertz CT molecular complexity index is 1090. The third-order valence-electron chi connectivity index (χ3n) is 5.03. The first-order valence-corrected chi connectivity index (χ1v) is 9.32. The van der Waals surface area contributed by atoms with E-state index in [2.05, 4.69) is 15.3 Å². The maximum atomic E-state index is 12.7. The SMILES string of the molecule is Cc1ccc(NC(=O)N2CCc3nc(-c4ccccc4)[nH]c(=O)c3C2)c(C)c1. The van der Waals surface area contributed by atoms with Crippen LogP contribution in [0, 0.1) is 13.8 Å². The smallest absolute Gasteiger partial charge is 0.320 e. The van der Waals surface area contributed by atoms with Crippen LogP contribution in [0.2, 0.25) is 0 Å². The second-order valence-corrected chi connectivity index (χ2v) is 7.13. The van der Waals surface area contributed by atoms with Crippen LogP contribution in [0.4, 0.5) is 10.5 Å². The second-order valence-electron chi connectivity index (χ2n) is 7.13. The summed E-state index contributed by atoms with van der Waals surface area (Å²) < 4.78 is 0. The van der Waals surface area contributed by atoms with Crippen molar-refractivity contribution >= 4 is 11.7 Å². The number of aromatic nitrogens is 2. The molecule has 2 N–H and O–H groups in total. The van der Waals surface area contributed by atoms with Gasteiger partial charge in [0.05, 0.1) is 17.8 Å². The first-order chi connectivity index (χ1) is 13.5. The van der Waals surface area contributed by atoms with E-state index in [1.165, 1.54) is 0 Å². The van der Waals surface area contributed by atoms with Gasteiger partial charge >= 0.3 is 6.03 Å². The van der Waals surface area contributed by atoms with Crippen LogP contribution in [0.1, 0.15) is 22.4 Å². The zero-order valence-electron chi connectivity index (χ0n) is 16.0. The van der Waals surface area contributed by atoms with E-state index in [1.807, 2.05) is 62.4 Å². The van der Waals surface area contributed by atoms with Gasteiger partial charge in [0.15, 0.2) is 0 Å². The van der Waals surface area contributed by atoms with Crippen molar-refractivity contribution < 1.29 is 4.79 Å². The average Bonchev–Trinajstić information content (AvgIpc) is 2.70. The molecule has 0 saturated heterocycles. The predicted octanol–water partition coefficient (Wildman–Crippen LogP) is 3.64. The number of nitrogens with zero attached hydrogens (tertiary/aromatic N) is 2. The van der Waals surface area contributed by atoms with Gasteiger partial charge in [0.25, 0.3) is 5.56 Å². The number of rotatable bonds is 2. The molecule has 1 aliphatic heterocycles. The molecular formula is C22H22N4O2. The normalized spacial score (nSPS) is 13.1. The zero-order chi connectivity index (χ0) is 19.7. The summed E-state index contributed by atoms with van der Waals surface area (Å²) in [6.45, 7) is 4.76. The second kappa shape index (κ2) is 7.31. The molecule has 1 aliphatic rings. The summed E-state index contributed by atoms with van der Waals surface area (Å²) in [5.41, 5.74) is 4.95. The first kappa shape index (κ1) is 18.0. The number of amides is 2. The lowest BCUT2D eigenvalue weighted by molar-refractivity contribution is 0.205. The maximum Gasteiger partial charge on any atom is 0.322 e. The summed E-state index contributed by atoms with van der Waals surface area (Å²) in [6.07, 6.45) is 0.555. The Morgan fingerprint density at radius 3 is 2.68 bits per heavy atom. The van der Waals surface area contributed by atoms with E-state index in [0.29, 0.717) is 24.4 Å². The summed E-state index contributed by atoms with van der Waals surface area (Å²) in [5, 5.41) is 2.95. The molecule has 28 heavy (non-hydrogen) atoms. The number of benzene rings is 2. The lowest BCUT2D eigenvalue weighted by atomic mass is 10.1. The quantitative estimate of drug-likeness (QED) is 0.719. The van der Waals surface area contributed by atoms with Crippen molar-refractivity contribution in [1.82, 2.24) is 14.9 Å². The number of nitrogens with one attached hydrogen (secondary N) is 2. The van der Waals surface area contributed by atoms with Crippen molar-refractivity contribution in [3.05, 3.63) is 81.3 Å². The van der Waals surface area contributed by atoms with Gasteiger partial charge in [-0.2, -0.15) is 0 Å². The lowest BCUT2D eigenvalue weighted by Gasteiger charge is -2.28. The topological polar surface area (TPSA) is 78.1 Å². The Morgan fingerprint density at radius 2 is 1.93 bits per heavy atom.